The molecule has 1 aliphatic heterocycles. The standard InChI is InChI=1S/C14H24N2O/c1-13(2)16-8-4-6-14(16)5-3-7-15-9-11-17-12-10-15/h4,6,8,13H,3,5,7,9-12H2,1-2H3. The van der Waals surface area contributed by atoms with Crippen molar-refractivity contribution < 1.29 is 4.74 Å². The van der Waals surface area contributed by atoms with E-state index in [9.17, 15) is 0 Å². The van der Waals surface area contributed by atoms with Crippen LogP contribution in [0.1, 0.15) is 32.0 Å². The Morgan fingerprint density at radius 1 is 1.29 bits per heavy atom. The molecule has 0 spiro atoms. The number of morpholine rings is 1. The molecular formula is C14H24N2O. The maximum atomic E-state index is 5.36. The van der Waals surface area contributed by atoms with Gasteiger partial charge in [-0.25, -0.2) is 0 Å². The lowest BCUT2D eigenvalue weighted by Gasteiger charge is -2.26. The van der Waals surface area contributed by atoms with E-state index in [-0.39, 0.29) is 0 Å². The van der Waals surface area contributed by atoms with Crippen LogP contribution in [-0.4, -0.2) is 42.3 Å². The molecule has 0 aromatic carbocycles. The normalized spacial score (nSPS) is 17.8. The second-order valence-electron chi connectivity index (χ2n) is 5.06. The molecular weight excluding hydrogens is 212 g/mol. The Kier molecular flexibility index (Phi) is 4.63. The van der Waals surface area contributed by atoms with Gasteiger partial charge in [0.05, 0.1) is 13.2 Å². The molecule has 2 heterocycles. The van der Waals surface area contributed by atoms with Crippen LogP contribution in [0.15, 0.2) is 18.3 Å². The highest BCUT2D eigenvalue weighted by atomic mass is 16.5. The number of aryl methyl sites for hydroxylation is 1. The summed E-state index contributed by atoms with van der Waals surface area (Å²) in [4.78, 5) is 2.51. The molecule has 0 unspecified atom stereocenters. The van der Waals surface area contributed by atoms with Gasteiger partial charge in [0.1, 0.15) is 0 Å². The zero-order valence-corrected chi connectivity index (χ0v) is 11.1. The van der Waals surface area contributed by atoms with Crippen LogP contribution < -0.4 is 0 Å². The van der Waals surface area contributed by atoms with E-state index in [1.54, 1.807) is 0 Å². The summed E-state index contributed by atoms with van der Waals surface area (Å²) in [6, 6.07) is 4.98. The molecule has 1 saturated heterocycles. The van der Waals surface area contributed by atoms with Crippen LogP contribution in [0.4, 0.5) is 0 Å². The third-order valence-corrected chi connectivity index (χ3v) is 3.43. The molecule has 1 fully saturated rings. The molecule has 3 heteroatoms. The average molecular weight is 236 g/mol. The van der Waals surface area contributed by atoms with E-state index in [0.29, 0.717) is 6.04 Å². The number of rotatable bonds is 5. The van der Waals surface area contributed by atoms with Crippen molar-refractivity contribution in [2.75, 3.05) is 32.8 Å². The Labute approximate surface area is 104 Å². The quantitative estimate of drug-likeness (QED) is 0.780. The van der Waals surface area contributed by atoms with Crippen LogP contribution in [-0.2, 0) is 11.2 Å². The summed E-state index contributed by atoms with van der Waals surface area (Å²) in [6.45, 7) is 9.70. The van der Waals surface area contributed by atoms with Gasteiger partial charge in [0, 0.05) is 31.0 Å². The van der Waals surface area contributed by atoms with E-state index in [1.165, 1.54) is 25.1 Å². The Bertz CT molecular complexity index is 327. The van der Waals surface area contributed by atoms with Crippen LogP contribution in [0.5, 0.6) is 0 Å². The van der Waals surface area contributed by atoms with Gasteiger partial charge in [0.25, 0.3) is 0 Å². The van der Waals surface area contributed by atoms with Gasteiger partial charge in [-0.1, -0.05) is 0 Å². The Morgan fingerprint density at radius 3 is 2.76 bits per heavy atom. The minimum absolute atomic E-state index is 0.573. The Hall–Kier alpha value is -0.800. The molecule has 0 N–H and O–H groups in total. The Balaban J connectivity index is 1.75. The molecule has 0 amide bonds. The van der Waals surface area contributed by atoms with Gasteiger partial charge in [-0.05, 0) is 45.4 Å². The van der Waals surface area contributed by atoms with E-state index in [2.05, 4.69) is 41.6 Å². The first-order valence-corrected chi connectivity index (χ1v) is 6.73. The number of hydrogen-bond acceptors (Lipinski definition) is 2. The van der Waals surface area contributed by atoms with Gasteiger partial charge in [0.15, 0.2) is 0 Å². The lowest BCUT2D eigenvalue weighted by Crippen LogP contribution is -2.37. The topological polar surface area (TPSA) is 17.4 Å². The van der Waals surface area contributed by atoms with E-state index < -0.39 is 0 Å². The number of hydrogen-bond donors (Lipinski definition) is 0. The molecule has 1 aromatic rings. The first-order valence-electron chi connectivity index (χ1n) is 6.73. The summed E-state index contributed by atoms with van der Waals surface area (Å²) in [5.74, 6) is 0. The summed E-state index contributed by atoms with van der Waals surface area (Å²) in [6.07, 6.45) is 4.62. The minimum Gasteiger partial charge on any atom is -0.379 e. The van der Waals surface area contributed by atoms with Crippen molar-refractivity contribution >= 4 is 0 Å². The second kappa shape index (κ2) is 6.22. The fraction of sp³-hybridized carbons (Fsp3) is 0.714. The largest absolute Gasteiger partial charge is 0.379 e. The van der Waals surface area contributed by atoms with Crippen molar-refractivity contribution in [1.29, 1.82) is 0 Å². The number of aromatic nitrogens is 1. The van der Waals surface area contributed by atoms with Gasteiger partial charge in [-0.15, -0.1) is 0 Å². The maximum Gasteiger partial charge on any atom is 0.0594 e. The summed E-state index contributed by atoms with van der Waals surface area (Å²) in [5.41, 5.74) is 1.47. The van der Waals surface area contributed by atoms with Crippen molar-refractivity contribution in [3.05, 3.63) is 24.0 Å². The third-order valence-electron chi connectivity index (χ3n) is 3.43. The van der Waals surface area contributed by atoms with Crippen LogP contribution >= 0.6 is 0 Å². The van der Waals surface area contributed by atoms with E-state index >= 15 is 0 Å². The predicted molar refractivity (Wildman–Crippen MR) is 70.4 cm³/mol. The molecule has 0 saturated carbocycles. The summed E-state index contributed by atoms with van der Waals surface area (Å²) in [7, 11) is 0. The van der Waals surface area contributed by atoms with Crippen LogP contribution in [0.3, 0.4) is 0 Å². The molecule has 96 valence electrons. The number of ether oxygens (including phenoxy) is 1. The van der Waals surface area contributed by atoms with Crippen molar-refractivity contribution in [3.63, 3.8) is 0 Å². The van der Waals surface area contributed by atoms with Gasteiger partial charge < -0.3 is 9.30 Å². The molecule has 1 aliphatic rings. The highest BCUT2D eigenvalue weighted by molar-refractivity contribution is 5.08. The first-order chi connectivity index (χ1) is 8.27. The zero-order chi connectivity index (χ0) is 12.1. The molecule has 2 rings (SSSR count). The van der Waals surface area contributed by atoms with Crippen LogP contribution in [0, 0.1) is 0 Å². The average Bonchev–Trinajstić information content (AvgIpc) is 2.79. The molecule has 0 bridgehead atoms. The minimum atomic E-state index is 0.573. The third kappa shape index (κ3) is 3.58. The summed E-state index contributed by atoms with van der Waals surface area (Å²) < 4.78 is 7.73. The molecule has 1 aromatic heterocycles. The van der Waals surface area contributed by atoms with Gasteiger partial charge in [0.2, 0.25) is 0 Å². The van der Waals surface area contributed by atoms with Gasteiger partial charge in [-0.2, -0.15) is 0 Å². The Morgan fingerprint density at radius 2 is 2.06 bits per heavy atom. The van der Waals surface area contributed by atoms with Crippen molar-refractivity contribution in [1.82, 2.24) is 9.47 Å². The van der Waals surface area contributed by atoms with Crippen molar-refractivity contribution in [2.45, 2.75) is 32.7 Å². The van der Waals surface area contributed by atoms with Crippen molar-refractivity contribution in [2.24, 2.45) is 0 Å². The van der Waals surface area contributed by atoms with E-state index in [4.69, 9.17) is 4.74 Å². The van der Waals surface area contributed by atoms with Gasteiger partial charge >= 0.3 is 0 Å². The highest BCUT2D eigenvalue weighted by Crippen LogP contribution is 2.13. The smallest absolute Gasteiger partial charge is 0.0594 e. The van der Waals surface area contributed by atoms with Crippen LogP contribution in [0.2, 0.25) is 0 Å². The predicted octanol–water partition coefficient (Wildman–Crippen LogP) is 2.33. The molecule has 0 atom stereocenters. The lowest BCUT2D eigenvalue weighted by atomic mass is 10.2. The SMILES string of the molecule is CC(C)n1cccc1CCCN1CCOCC1. The lowest BCUT2D eigenvalue weighted by molar-refractivity contribution is 0.0374. The van der Waals surface area contributed by atoms with E-state index in [1.807, 2.05) is 0 Å². The molecule has 17 heavy (non-hydrogen) atoms. The van der Waals surface area contributed by atoms with Crippen LogP contribution in [0.25, 0.3) is 0 Å². The molecule has 0 radical (unpaired) electrons. The summed E-state index contributed by atoms with van der Waals surface area (Å²) >= 11 is 0. The first kappa shape index (κ1) is 12.7. The molecule has 0 aliphatic carbocycles. The highest BCUT2D eigenvalue weighted by Gasteiger charge is 2.10. The monoisotopic (exact) mass is 236 g/mol. The maximum absolute atomic E-state index is 5.36. The molecule has 3 nitrogen and oxygen atoms in total. The number of nitrogens with zero attached hydrogens (tertiary/aromatic N) is 2. The van der Waals surface area contributed by atoms with Gasteiger partial charge in [-0.3, -0.25) is 4.90 Å². The fourth-order valence-corrected chi connectivity index (χ4v) is 2.45. The second-order valence-corrected chi connectivity index (χ2v) is 5.06. The zero-order valence-electron chi connectivity index (χ0n) is 11.1. The van der Waals surface area contributed by atoms with E-state index in [0.717, 1.165) is 26.3 Å². The summed E-state index contributed by atoms with van der Waals surface area (Å²) in [5, 5.41) is 0. The van der Waals surface area contributed by atoms with Crippen molar-refractivity contribution in [3.8, 4) is 0 Å². The fourth-order valence-electron chi connectivity index (χ4n) is 2.45.